The van der Waals surface area contributed by atoms with Crippen molar-refractivity contribution in [3.05, 3.63) is 28.8 Å². The van der Waals surface area contributed by atoms with Gasteiger partial charge in [-0.2, -0.15) is 0 Å². The molecule has 0 saturated heterocycles. The number of carbonyl (C=O) groups is 1. The molecule has 1 aromatic carbocycles. The molecule has 0 aromatic heterocycles. The number of aliphatic hydroxyl groups excluding tert-OH is 1. The Morgan fingerprint density at radius 3 is 2.88 bits per heavy atom. The molecule has 0 aliphatic heterocycles. The molecule has 1 saturated carbocycles. The van der Waals surface area contributed by atoms with Gasteiger partial charge in [0.1, 0.15) is 0 Å². The number of amides is 1. The highest BCUT2D eigenvalue weighted by molar-refractivity contribution is 6.33. The van der Waals surface area contributed by atoms with Crippen LogP contribution in [0.5, 0.6) is 0 Å². The molecule has 0 radical (unpaired) electrons. The van der Waals surface area contributed by atoms with E-state index in [9.17, 15) is 4.79 Å². The van der Waals surface area contributed by atoms with Crippen molar-refractivity contribution in [1.82, 2.24) is 5.32 Å². The number of rotatable bonds is 3. The zero-order valence-electron chi connectivity index (χ0n) is 9.32. The lowest BCUT2D eigenvalue weighted by Crippen LogP contribution is -2.38. The first kappa shape index (κ1) is 12.2. The van der Waals surface area contributed by atoms with E-state index in [1.807, 2.05) is 0 Å². The Hall–Kier alpha value is -1.26. The zero-order chi connectivity index (χ0) is 12.4. The Balaban J connectivity index is 1.93. The van der Waals surface area contributed by atoms with Crippen LogP contribution in [0.4, 0.5) is 5.69 Å². The van der Waals surface area contributed by atoms with Gasteiger partial charge in [-0.05, 0) is 30.9 Å². The van der Waals surface area contributed by atoms with E-state index in [2.05, 4.69) is 5.32 Å². The number of para-hydroxylation sites is 1. The Morgan fingerprint density at radius 2 is 2.24 bits per heavy atom. The molecule has 1 amide bonds. The Bertz CT molecular complexity index is 431. The number of hydrogen-bond acceptors (Lipinski definition) is 3. The van der Waals surface area contributed by atoms with E-state index >= 15 is 0 Å². The molecule has 4 N–H and O–H groups in total. The molecule has 5 heteroatoms. The second kappa shape index (κ2) is 4.94. The van der Waals surface area contributed by atoms with Crippen LogP contribution in [0, 0.1) is 5.92 Å². The number of anilines is 1. The highest BCUT2D eigenvalue weighted by Crippen LogP contribution is 2.26. The van der Waals surface area contributed by atoms with Crippen molar-refractivity contribution in [2.45, 2.75) is 18.9 Å². The summed E-state index contributed by atoms with van der Waals surface area (Å²) in [5, 5.41) is 12.3. The molecular formula is C12H15ClN2O2. The lowest BCUT2D eigenvalue weighted by Gasteiger charge is -2.31. The largest absolute Gasteiger partial charge is 0.397 e. The van der Waals surface area contributed by atoms with Crippen molar-refractivity contribution in [3.8, 4) is 0 Å². The summed E-state index contributed by atoms with van der Waals surface area (Å²) in [5.41, 5.74) is 6.43. The van der Waals surface area contributed by atoms with Crippen LogP contribution in [0.25, 0.3) is 0 Å². The van der Waals surface area contributed by atoms with Gasteiger partial charge in [0.15, 0.2) is 0 Å². The van der Waals surface area contributed by atoms with Crippen molar-refractivity contribution in [2.75, 3.05) is 12.3 Å². The van der Waals surface area contributed by atoms with Crippen molar-refractivity contribution >= 4 is 23.2 Å². The number of benzene rings is 1. The first-order valence-electron chi connectivity index (χ1n) is 5.58. The minimum absolute atomic E-state index is 0.201. The summed E-state index contributed by atoms with van der Waals surface area (Å²) in [4.78, 5) is 11.8. The fourth-order valence-corrected chi connectivity index (χ4v) is 2.11. The van der Waals surface area contributed by atoms with Gasteiger partial charge in [0.2, 0.25) is 0 Å². The monoisotopic (exact) mass is 254 g/mol. The summed E-state index contributed by atoms with van der Waals surface area (Å²) in [7, 11) is 0. The number of aliphatic hydroxyl groups is 1. The Morgan fingerprint density at radius 1 is 1.53 bits per heavy atom. The maximum Gasteiger partial charge on any atom is 0.253 e. The number of halogens is 1. The van der Waals surface area contributed by atoms with Crippen LogP contribution < -0.4 is 11.1 Å². The van der Waals surface area contributed by atoms with Gasteiger partial charge in [0.25, 0.3) is 5.91 Å². The molecule has 1 fully saturated rings. The first-order chi connectivity index (χ1) is 8.08. The standard InChI is InChI=1S/C12H15ClN2O2/c13-10-3-1-2-9(11(10)14)12(17)15-6-7-4-8(16)5-7/h1-3,7-8,16H,4-6,14H2,(H,15,17). The minimum Gasteiger partial charge on any atom is -0.397 e. The van der Waals surface area contributed by atoms with Gasteiger partial charge in [-0.25, -0.2) is 0 Å². The minimum atomic E-state index is -0.216. The topological polar surface area (TPSA) is 75.4 Å². The van der Waals surface area contributed by atoms with E-state index in [-0.39, 0.29) is 12.0 Å². The van der Waals surface area contributed by atoms with Gasteiger partial charge in [-0.15, -0.1) is 0 Å². The molecular weight excluding hydrogens is 240 g/mol. The summed E-state index contributed by atoms with van der Waals surface area (Å²) in [6, 6.07) is 4.99. The summed E-state index contributed by atoms with van der Waals surface area (Å²) in [5.74, 6) is 0.153. The molecule has 1 aliphatic rings. The molecule has 0 spiro atoms. The predicted molar refractivity (Wildman–Crippen MR) is 66.9 cm³/mol. The number of nitrogens with two attached hydrogens (primary N) is 1. The number of carbonyl (C=O) groups excluding carboxylic acids is 1. The molecule has 0 atom stereocenters. The lowest BCUT2D eigenvalue weighted by molar-refractivity contribution is 0.0420. The van der Waals surface area contributed by atoms with Gasteiger partial charge in [0, 0.05) is 6.54 Å². The smallest absolute Gasteiger partial charge is 0.253 e. The van der Waals surface area contributed by atoms with E-state index in [1.165, 1.54) is 0 Å². The molecule has 4 nitrogen and oxygen atoms in total. The number of nitrogen functional groups attached to an aromatic ring is 1. The molecule has 1 aliphatic carbocycles. The summed E-state index contributed by atoms with van der Waals surface area (Å²) in [6.45, 7) is 0.571. The van der Waals surface area contributed by atoms with Gasteiger partial charge in [-0.1, -0.05) is 17.7 Å². The second-order valence-electron chi connectivity index (χ2n) is 4.40. The van der Waals surface area contributed by atoms with Crippen LogP contribution in [0.2, 0.25) is 5.02 Å². The van der Waals surface area contributed by atoms with E-state index in [0.29, 0.717) is 28.7 Å². The number of nitrogens with one attached hydrogen (secondary N) is 1. The average Bonchev–Trinajstić information content (AvgIpc) is 2.26. The van der Waals surface area contributed by atoms with Gasteiger partial charge in [-0.3, -0.25) is 4.79 Å². The normalized spacial score (nSPS) is 22.9. The van der Waals surface area contributed by atoms with Gasteiger partial charge in [0.05, 0.1) is 22.4 Å². The predicted octanol–water partition coefficient (Wildman–Crippen LogP) is 1.42. The van der Waals surface area contributed by atoms with Crippen molar-refractivity contribution < 1.29 is 9.90 Å². The van der Waals surface area contributed by atoms with Crippen LogP contribution in [-0.4, -0.2) is 23.7 Å². The SMILES string of the molecule is Nc1c(Cl)cccc1C(=O)NCC1CC(O)C1. The Kier molecular flexibility index (Phi) is 3.54. The molecule has 1 aromatic rings. The zero-order valence-corrected chi connectivity index (χ0v) is 10.1. The van der Waals surface area contributed by atoms with E-state index in [4.69, 9.17) is 22.4 Å². The maximum atomic E-state index is 11.8. The number of hydrogen-bond donors (Lipinski definition) is 3. The van der Waals surface area contributed by atoms with Crippen LogP contribution in [0.3, 0.4) is 0 Å². The average molecular weight is 255 g/mol. The van der Waals surface area contributed by atoms with E-state index in [0.717, 1.165) is 12.8 Å². The molecule has 2 rings (SSSR count). The quantitative estimate of drug-likeness (QED) is 0.714. The van der Waals surface area contributed by atoms with E-state index in [1.54, 1.807) is 18.2 Å². The van der Waals surface area contributed by atoms with Crippen LogP contribution in [0.15, 0.2) is 18.2 Å². The maximum absolute atomic E-state index is 11.8. The molecule has 17 heavy (non-hydrogen) atoms. The van der Waals surface area contributed by atoms with Crippen molar-refractivity contribution in [3.63, 3.8) is 0 Å². The summed E-state index contributed by atoms with van der Waals surface area (Å²) < 4.78 is 0. The van der Waals surface area contributed by atoms with Crippen LogP contribution in [0.1, 0.15) is 23.2 Å². The van der Waals surface area contributed by atoms with Crippen molar-refractivity contribution in [2.24, 2.45) is 5.92 Å². The highest BCUT2D eigenvalue weighted by Gasteiger charge is 2.27. The van der Waals surface area contributed by atoms with Gasteiger partial charge >= 0.3 is 0 Å². The fraction of sp³-hybridized carbons (Fsp3) is 0.417. The molecule has 0 unspecified atom stereocenters. The van der Waals surface area contributed by atoms with Crippen molar-refractivity contribution in [1.29, 1.82) is 0 Å². The lowest BCUT2D eigenvalue weighted by atomic mass is 9.82. The summed E-state index contributed by atoms with van der Waals surface area (Å²) in [6.07, 6.45) is 1.31. The third kappa shape index (κ3) is 2.70. The first-order valence-corrected chi connectivity index (χ1v) is 5.96. The van der Waals surface area contributed by atoms with Gasteiger partial charge < -0.3 is 16.2 Å². The third-order valence-corrected chi connectivity index (χ3v) is 3.39. The van der Waals surface area contributed by atoms with E-state index < -0.39 is 0 Å². The third-order valence-electron chi connectivity index (χ3n) is 3.06. The molecule has 0 heterocycles. The van der Waals surface area contributed by atoms with Crippen LogP contribution in [-0.2, 0) is 0 Å². The van der Waals surface area contributed by atoms with Crippen LogP contribution >= 0.6 is 11.6 Å². The highest BCUT2D eigenvalue weighted by atomic mass is 35.5. The molecule has 92 valence electrons. The summed E-state index contributed by atoms with van der Waals surface area (Å²) >= 11 is 5.84. The molecule has 0 bridgehead atoms. The fourth-order valence-electron chi connectivity index (χ4n) is 1.93. The Labute approximate surface area is 105 Å². The second-order valence-corrected chi connectivity index (χ2v) is 4.81.